The van der Waals surface area contributed by atoms with Crippen LogP contribution in [-0.2, 0) is 4.65 Å². The molecule has 0 aliphatic carbocycles. The molecule has 0 spiro atoms. The Kier molecular flexibility index (Phi) is 1.92. The molecule has 0 unspecified atom stereocenters. The molecule has 1 aliphatic rings. The van der Waals surface area contributed by atoms with Crippen molar-refractivity contribution in [3.8, 4) is 0 Å². The fourth-order valence-corrected chi connectivity index (χ4v) is 0.877. The Balaban J connectivity index is 2.28. The number of nitrogens with zero attached hydrogens (tertiary/aromatic N) is 1. The van der Waals surface area contributed by atoms with Gasteiger partial charge in [0, 0.05) is 6.61 Å². The van der Waals surface area contributed by atoms with Gasteiger partial charge in [-0.15, -0.1) is 0 Å². The molecule has 2 nitrogen and oxygen atoms in total. The molecule has 1 heterocycles. The first kappa shape index (κ1) is 6.11. The van der Waals surface area contributed by atoms with Gasteiger partial charge in [0.15, 0.2) is 0 Å². The first-order valence-corrected chi connectivity index (χ1v) is 3.12. The van der Waals surface area contributed by atoms with Crippen molar-refractivity contribution in [1.82, 2.24) is 4.81 Å². The van der Waals surface area contributed by atoms with Crippen molar-refractivity contribution in [2.75, 3.05) is 20.2 Å². The Labute approximate surface area is 50.9 Å². The van der Waals surface area contributed by atoms with Gasteiger partial charge in [-0.25, -0.2) is 0 Å². The summed E-state index contributed by atoms with van der Waals surface area (Å²) >= 11 is 0. The van der Waals surface area contributed by atoms with E-state index in [1.165, 1.54) is 13.0 Å². The molecule has 0 aromatic carbocycles. The van der Waals surface area contributed by atoms with Crippen LogP contribution < -0.4 is 0 Å². The normalized spacial score (nSPS) is 24.0. The molecular weight excluding hydrogens is 101 g/mol. The van der Waals surface area contributed by atoms with Gasteiger partial charge in [0.05, 0.1) is 0 Å². The van der Waals surface area contributed by atoms with Crippen LogP contribution >= 0.6 is 0 Å². The van der Waals surface area contributed by atoms with E-state index in [1.54, 1.807) is 0 Å². The van der Waals surface area contributed by atoms with Crippen molar-refractivity contribution in [3.05, 3.63) is 0 Å². The highest BCUT2D eigenvalue weighted by atomic mass is 16.4. The predicted octanol–water partition coefficient (Wildman–Crippen LogP) is 0.456. The Morgan fingerprint density at radius 2 is 2.38 bits per heavy atom. The molecular formula is C5H12BNO. The summed E-state index contributed by atoms with van der Waals surface area (Å²) in [5.74, 6) is 0. The van der Waals surface area contributed by atoms with E-state index in [-0.39, 0.29) is 0 Å². The molecule has 0 N–H and O–H groups in total. The van der Waals surface area contributed by atoms with Gasteiger partial charge >= 0.3 is 7.05 Å². The molecule has 1 rings (SSSR count). The lowest BCUT2D eigenvalue weighted by atomic mass is 9.83. The maximum Gasteiger partial charge on any atom is 0.378 e. The van der Waals surface area contributed by atoms with E-state index >= 15 is 0 Å². The highest BCUT2D eigenvalue weighted by molar-refractivity contribution is 6.46. The fourth-order valence-electron chi connectivity index (χ4n) is 0.877. The Bertz CT molecular complexity index is 68.8. The highest BCUT2D eigenvalue weighted by Gasteiger charge is 2.18. The highest BCUT2D eigenvalue weighted by Crippen LogP contribution is 2.01. The Morgan fingerprint density at radius 1 is 1.62 bits per heavy atom. The van der Waals surface area contributed by atoms with E-state index < -0.39 is 0 Å². The van der Waals surface area contributed by atoms with Crippen LogP contribution in [0.3, 0.4) is 0 Å². The van der Waals surface area contributed by atoms with Gasteiger partial charge in [0.25, 0.3) is 0 Å². The van der Waals surface area contributed by atoms with Gasteiger partial charge in [-0.1, -0.05) is 0 Å². The standard InChI is InChI=1S/C5H12BNO/c1-6-7(2)4-3-5-8-6/h3-5H2,1-2H3. The molecule has 3 heteroatoms. The second-order valence-electron chi connectivity index (χ2n) is 2.30. The van der Waals surface area contributed by atoms with E-state index in [1.807, 2.05) is 0 Å². The van der Waals surface area contributed by atoms with Crippen molar-refractivity contribution in [1.29, 1.82) is 0 Å². The van der Waals surface area contributed by atoms with Crippen LogP contribution in [-0.4, -0.2) is 32.1 Å². The molecule has 1 aliphatic heterocycles. The second kappa shape index (κ2) is 2.51. The maximum atomic E-state index is 5.32. The zero-order chi connectivity index (χ0) is 5.98. The minimum absolute atomic E-state index is 0.337. The van der Waals surface area contributed by atoms with Crippen molar-refractivity contribution >= 4 is 7.05 Å². The first-order valence-electron chi connectivity index (χ1n) is 3.12. The van der Waals surface area contributed by atoms with Crippen LogP contribution in [0.25, 0.3) is 0 Å². The van der Waals surface area contributed by atoms with Gasteiger partial charge in [-0.2, -0.15) is 0 Å². The summed E-state index contributed by atoms with van der Waals surface area (Å²) in [5, 5.41) is 0. The van der Waals surface area contributed by atoms with Crippen LogP contribution in [0.1, 0.15) is 6.42 Å². The molecule has 0 amide bonds. The van der Waals surface area contributed by atoms with Crippen LogP contribution in [0, 0.1) is 0 Å². The van der Waals surface area contributed by atoms with Crippen LogP contribution in [0.2, 0.25) is 6.82 Å². The third-order valence-electron chi connectivity index (χ3n) is 1.63. The van der Waals surface area contributed by atoms with Crippen molar-refractivity contribution in [3.63, 3.8) is 0 Å². The topological polar surface area (TPSA) is 12.5 Å². The van der Waals surface area contributed by atoms with Crippen LogP contribution in [0.4, 0.5) is 0 Å². The lowest BCUT2D eigenvalue weighted by Crippen LogP contribution is -2.41. The minimum Gasteiger partial charge on any atom is -0.421 e. The average molecular weight is 113 g/mol. The van der Waals surface area contributed by atoms with Crippen LogP contribution in [0.15, 0.2) is 0 Å². The quantitative estimate of drug-likeness (QED) is 0.423. The van der Waals surface area contributed by atoms with Crippen LogP contribution in [0.5, 0.6) is 0 Å². The Morgan fingerprint density at radius 3 is 2.75 bits per heavy atom. The van der Waals surface area contributed by atoms with Gasteiger partial charge < -0.3 is 9.47 Å². The summed E-state index contributed by atoms with van der Waals surface area (Å²) in [6, 6.07) is 0. The summed E-state index contributed by atoms with van der Waals surface area (Å²) in [5.41, 5.74) is 0. The van der Waals surface area contributed by atoms with Crippen molar-refractivity contribution in [2.45, 2.75) is 13.2 Å². The van der Waals surface area contributed by atoms with Gasteiger partial charge in [0.1, 0.15) is 0 Å². The maximum absolute atomic E-state index is 5.32. The lowest BCUT2D eigenvalue weighted by molar-refractivity contribution is 0.222. The Hall–Kier alpha value is -0.0151. The predicted molar refractivity (Wildman–Crippen MR) is 34.8 cm³/mol. The van der Waals surface area contributed by atoms with E-state index in [0.717, 1.165) is 6.61 Å². The average Bonchev–Trinajstić information content (AvgIpc) is 1.77. The number of rotatable bonds is 0. The van der Waals surface area contributed by atoms with E-state index in [4.69, 9.17) is 4.65 Å². The molecule has 0 saturated carbocycles. The molecule has 46 valence electrons. The van der Waals surface area contributed by atoms with E-state index in [2.05, 4.69) is 18.7 Å². The third-order valence-corrected chi connectivity index (χ3v) is 1.63. The molecule has 8 heavy (non-hydrogen) atoms. The molecule has 1 fully saturated rings. The largest absolute Gasteiger partial charge is 0.421 e. The monoisotopic (exact) mass is 113 g/mol. The SMILES string of the molecule is CB1OCCCN1C. The number of hydrogen-bond acceptors (Lipinski definition) is 2. The van der Waals surface area contributed by atoms with Gasteiger partial charge in [0.2, 0.25) is 0 Å². The second-order valence-corrected chi connectivity index (χ2v) is 2.30. The molecule has 1 saturated heterocycles. The van der Waals surface area contributed by atoms with Crippen molar-refractivity contribution in [2.24, 2.45) is 0 Å². The van der Waals surface area contributed by atoms with E-state index in [9.17, 15) is 0 Å². The smallest absolute Gasteiger partial charge is 0.378 e. The van der Waals surface area contributed by atoms with Gasteiger partial charge in [-0.3, -0.25) is 0 Å². The van der Waals surface area contributed by atoms with E-state index in [0.29, 0.717) is 7.05 Å². The summed E-state index contributed by atoms with van der Waals surface area (Å²) in [6.45, 7) is 4.20. The molecule has 0 aromatic heterocycles. The van der Waals surface area contributed by atoms with Gasteiger partial charge in [-0.05, 0) is 26.8 Å². The number of hydrogen-bond donors (Lipinski definition) is 0. The molecule has 0 atom stereocenters. The molecule has 0 bridgehead atoms. The summed E-state index contributed by atoms with van der Waals surface area (Å²) in [7, 11) is 2.42. The first-order chi connectivity index (χ1) is 3.80. The summed E-state index contributed by atoms with van der Waals surface area (Å²) in [6.07, 6.45) is 1.18. The molecule has 0 radical (unpaired) electrons. The summed E-state index contributed by atoms with van der Waals surface area (Å²) < 4.78 is 5.32. The summed E-state index contributed by atoms with van der Waals surface area (Å²) in [4.78, 5) is 2.21. The molecule has 0 aromatic rings. The lowest BCUT2D eigenvalue weighted by Gasteiger charge is -2.26. The minimum atomic E-state index is 0.337. The van der Waals surface area contributed by atoms with Crippen molar-refractivity contribution < 1.29 is 4.65 Å². The fraction of sp³-hybridized carbons (Fsp3) is 1.00. The zero-order valence-electron chi connectivity index (χ0n) is 5.55. The zero-order valence-corrected chi connectivity index (χ0v) is 5.55. The third kappa shape index (κ3) is 1.23.